The van der Waals surface area contributed by atoms with E-state index in [9.17, 15) is 4.79 Å². The van der Waals surface area contributed by atoms with E-state index < -0.39 is 0 Å². The largest absolute Gasteiger partial charge is 0.495 e. The molecular weight excluding hydrogens is 211 g/mol. The lowest BCUT2D eigenvalue weighted by Crippen LogP contribution is -1.98. The van der Waals surface area contributed by atoms with Crippen molar-refractivity contribution in [3.63, 3.8) is 0 Å². The fraction of sp³-hybridized carbons (Fsp3) is 0.300. The molecule has 0 unspecified atom stereocenters. The molecule has 0 saturated carbocycles. The fourth-order valence-corrected chi connectivity index (χ4v) is 1.26. The molecule has 0 heterocycles. The highest BCUT2D eigenvalue weighted by molar-refractivity contribution is 6.32. The number of hydrogen-bond donors (Lipinski definition) is 0. The van der Waals surface area contributed by atoms with Crippen molar-refractivity contribution in [1.82, 2.24) is 0 Å². The van der Waals surface area contributed by atoms with E-state index in [2.05, 4.69) is 0 Å². The lowest BCUT2D eigenvalue weighted by Gasteiger charge is -2.05. The van der Waals surface area contributed by atoms with E-state index in [1.807, 2.05) is 0 Å². The Morgan fingerprint density at radius 3 is 2.71 bits per heavy atom. The molecule has 14 heavy (non-hydrogen) atoms. The average molecular weight is 222 g/mol. The van der Waals surface area contributed by atoms with Crippen LogP contribution in [0, 0.1) is 0 Å². The maximum Gasteiger partial charge on any atom is 0.302 e. The van der Waals surface area contributed by atoms with Crippen molar-refractivity contribution in [3.8, 4) is 5.75 Å². The van der Waals surface area contributed by atoms with Gasteiger partial charge in [0.05, 0.1) is 12.1 Å². The number of carbonyl (C=O) groups is 1. The molecule has 0 aliphatic rings. The number of carbonyl (C=O) groups excluding carboxylic acids is 1. The summed E-state index contributed by atoms with van der Waals surface area (Å²) < 4.78 is 9.80. The topological polar surface area (TPSA) is 35.5 Å². The second-order valence-electron chi connectivity index (χ2n) is 2.75. The number of methoxy groups -OCH3 is 1. The van der Waals surface area contributed by atoms with Gasteiger partial charge in [0.2, 0.25) is 0 Å². The first kappa shape index (κ1) is 10.9. The molecule has 0 radical (unpaired) electrons. The van der Waals surface area contributed by atoms with Gasteiger partial charge in [-0.3, -0.25) is 4.79 Å². The molecule has 1 aromatic rings. The summed E-state index contributed by atoms with van der Waals surface area (Å²) in [4.78, 5) is 10.5. The molecule has 0 aromatic heterocycles. The summed E-state index contributed by atoms with van der Waals surface area (Å²) in [6.07, 6.45) is 0. The average Bonchev–Trinajstić information content (AvgIpc) is 2.15. The highest BCUT2D eigenvalue weighted by Crippen LogP contribution is 2.25. The normalized spacial score (nSPS) is 9.64. The van der Waals surface area contributed by atoms with Crippen LogP contribution in [0.15, 0.2) is 18.2 Å². The summed E-state index contributed by atoms with van der Waals surface area (Å²) in [6.45, 7) is 1.60. The zero-order valence-corrected chi connectivity index (χ0v) is 8.80. The molecule has 0 saturated heterocycles. The van der Waals surface area contributed by atoms with Crippen LogP contribution in [-0.4, -0.2) is 13.1 Å². The van der Waals surface area contributed by atoms with Crippen LogP contribution in [0.5, 0.6) is 5.75 Å². The van der Waals surface area contributed by atoms with Crippen LogP contribution in [0.2, 0.25) is 5.02 Å². The lowest BCUT2D eigenvalue weighted by atomic mass is 10.8. The van der Waals surface area contributed by atoms with Gasteiger partial charge in [-0.05, 0) is 17.7 Å². The molecule has 0 aliphatic heterocycles. The van der Waals surface area contributed by atoms with Crippen LogP contribution < -0.4 is 4.74 Å². The third-order valence-corrected chi connectivity index (χ3v) is 1.95. The quantitative estimate of drug-likeness (QED) is 0.581. The molecule has 0 aliphatic carbocycles. The van der Waals surface area contributed by atoms with Crippen LogP contribution in [0.4, 0.5) is 0 Å². The summed E-state index contributed by atoms with van der Waals surface area (Å²) in [7, 11) is 1.55. The Morgan fingerprint density at radius 1 is 1.50 bits per heavy atom. The fourth-order valence-electron chi connectivity index (χ4n) is 0.985. The highest BCUT2D eigenvalue weighted by atomic mass is 35.5. The van der Waals surface area contributed by atoms with Gasteiger partial charge in [0.15, 0.2) is 0 Å². The molecule has 3 nitrogen and oxygen atoms in total. The Labute approximate surface area is 87.6 Å². The number of hydrogen-bond acceptors (Lipinski definition) is 3. The zero-order chi connectivity index (χ0) is 10.6. The molecule has 0 bridgehead atoms. The van der Waals surface area contributed by atoms with E-state index in [1.54, 1.807) is 25.3 Å². The summed E-state index contributed by atoms with van der Waals surface area (Å²) in [5, 5.41) is 0.511. The summed E-state index contributed by atoms with van der Waals surface area (Å²) in [5.41, 5.74) is 0.839. The lowest BCUT2D eigenvalue weighted by molar-refractivity contribution is -0.142. The Balaban J connectivity index is 2.71. The van der Waals surface area contributed by atoms with Crippen molar-refractivity contribution < 1.29 is 14.3 Å². The Hall–Kier alpha value is -1.22. The third kappa shape index (κ3) is 2.92. The van der Waals surface area contributed by atoms with E-state index in [1.165, 1.54) is 6.92 Å². The molecule has 0 fully saturated rings. The van der Waals surface area contributed by atoms with E-state index in [0.29, 0.717) is 10.8 Å². The molecule has 0 N–H and O–H groups in total. The maximum absolute atomic E-state index is 10.5. The van der Waals surface area contributed by atoms with Gasteiger partial charge in [0.25, 0.3) is 0 Å². The van der Waals surface area contributed by atoms with Crippen LogP contribution in [0.3, 0.4) is 0 Å². The monoisotopic (exact) mass is 221 g/mol. The van der Waals surface area contributed by atoms with Crippen molar-refractivity contribution in [2.45, 2.75) is 13.5 Å². The van der Waals surface area contributed by atoms with Crippen molar-refractivity contribution in [2.75, 3.05) is 7.11 Å². The van der Waals surface area contributed by atoms with Crippen LogP contribution in [0.1, 0.15) is 12.5 Å². The van der Waals surface area contributed by atoms with Crippen molar-refractivity contribution >= 4 is 17.6 Å². The van der Waals surface area contributed by atoms with Gasteiger partial charge < -0.3 is 9.47 Å². The SMILES string of the molecule is CO[13c]1[13cH][13cH][13c]([13CH2]OC(C)=O)[13cH][13c]1Cl. The van der Waals surface area contributed by atoms with E-state index >= 15 is 0 Å². The molecule has 1 aromatic carbocycles. The number of rotatable bonds is 3. The molecule has 1 rings (SSSR count). The second-order valence-corrected chi connectivity index (χ2v) is 3.16. The molecule has 76 valence electrons. The molecular formula is C10H11ClO3. The van der Waals surface area contributed by atoms with Gasteiger partial charge in [-0.15, -0.1) is 0 Å². The van der Waals surface area contributed by atoms with Crippen molar-refractivity contribution in [3.05, 3.63) is 28.8 Å². The number of halogens is 1. The van der Waals surface area contributed by atoms with Crippen molar-refractivity contribution in [1.29, 1.82) is 0 Å². The van der Waals surface area contributed by atoms with E-state index in [4.69, 9.17) is 21.1 Å². The van der Waals surface area contributed by atoms with Gasteiger partial charge in [-0.25, -0.2) is 0 Å². The standard InChI is InChI=1S/C10H11ClO3/c1-7(12)14-6-8-3-4-10(13-2)9(11)5-8/h3-5H,6H2,1-2H3/i3+1,4+1,5+1,6+1,8+1,9+1,10+1. The smallest absolute Gasteiger partial charge is 0.302 e. The summed E-state index contributed by atoms with van der Waals surface area (Å²) in [5.74, 6) is 0.301. The van der Waals surface area contributed by atoms with Gasteiger partial charge >= 0.3 is 5.97 Å². The Bertz CT molecular complexity index is 336. The molecule has 0 amide bonds. The number of benzene rings is 1. The van der Waals surface area contributed by atoms with E-state index in [0.717, 1.165) is 5.56 Å². The van der Waals surface area contributed by atoms with Gasteiger partial charge in [0.1, 0.15) is 12.4 Å². The van der Waals surface area contributed by atoms with E-state index in [-0.39, 0.29) is 12.6 Å². The minimum atomic E-state index is -0.308. The van der Waals surface area contributed by atoms with Crippen LogP contribution in [-0.2, 0) is 16.1 Å². The molecule has 0 spiro atoms. The number of esters is 1. The second kappa shape index (κ2) is 4.86. The Kier molecular flexibility index (Phi) is 3.77. The minimum absolute atomic E-state index is 0.235. The summed E-state index contributed by atoms with van der Waals surface area (Å²) in [6, 6.07) is 5.25. The van der Waals surface area contributed by atoms with Crippen molar-refractivity contribution in [2.24, 2.45) is 0 Å². The van der Waals surface area contributed by atoms with Gasteiger partial charge in [0, 0.05) is 6.92 Å². The maximum atomic E-state index is 10.5. The minimum Gasteiger partial charge on any atom is -0.495 e. The first-order chi connectivity index (χ1) is 6.63. The predicted octanol–water partition coefficient (Wildman–Crippen LogP) is 2.41. The highest BCUT2D eigenvalue weighted by Gasteiger charge is 2.02. The number of ether oxygens (including phenoxy) is 2. The molecule has 4 heteroatoms. The first-order valence-electron chi connectivity index (χ1n) is 4.09. The third-order valence-electron chi connectivity index (χ3n) is 1.66. The van der Waals surface area contributed by atoms with Crippen LogP contribution in [0.25, 0.3) is 0 Å². The predicted molar refractivity (Wildman–Crippen MR) is 53.5 cm³/mol. The Morgan fingerprint density at radius 2 is 2.21 bits per heavy atom. The van der Waals surface area contributed by atoms with Crippen LogP contribution >= 0.6 is 11.6 Å². The molecule has 0 atom stereocenters. The zero-order valence-electron chi connectivity index (χ0n) is 8.04. The first-order valence-corrected chi connectivity index (χ1v) is 4.47. The van der Waals surface area contributed by atoms with Gasteiger partial charge in [-0.1, -0.05) is 17.7 Å². The summed E-state index contributed by atoms with van der Waals surface area (Å²) >= 11 is 5.88. The van der Waals surface area contributed by atoms with Gasteiger partial charge in [-0.2, -0.15) is 0 Å².